The Hall–Kier alpha value is -1.57. The molecule has 1 rings (SSSR count). The molecule has 4 heteroatoms. The minimum atomic E-state index is -0.728. The third kappa shape index (κ3) is 2.94. The fraction of sp³-hybridized carbons (Fsp3) is 0.364. The normalized spacial score (nSPS) is 14.0. The van der Waals surface area contributed by atoms with E-state index in [2.05, 4.69) is 11.5 Å². The lowest BCUT2D eigenvalue weighted by molar-refractivity contribution is 0.414. The second-order valence-corrected chi connectivity index (χ2v) is 3.61. The summed E-state index contributed by atoms with van der Waals surface area (Å²) in [4.78, 5) is 0. The molecule has 0 amide bonds. The molecule has 0 saturated carbocycles. The van der Waals surface area contributed by atoms with E-state index in [4.69, 9.17) is 15.8 Å². The van der Waals surface area contributed by atoms with Gasteiger partial charge in [-0.2, -0.15) is 5.26 Å². The fourth-order valence-corrected chi connectivity index (χ4v) is 1.27. The Kier molecular flexibility index (Phi) is 3.67. The Morgan fingerprint density at radius 3 is 2.47 bits per heavy atom. The molecule has 1 aromatic carbocycles. The van der Waals surface area contributed by atoms with Crippen LogP contribution in [0.15, 0.2) is 24.3 Å². The Morgan fingerprint density at radius 2 is 2.07 bits per heavy atom. The lowest BCUT2D eigenvalue weighted by Crippen LogP contribution is -2.47. The molecular weight excluding hydrogens is 190 g/mol. The molecule has 0 saturated heterocycles. The molecule has 15 heavy (non-hydrogen) atoms. The average molecular weight is 205 g/mol. The van der Waals surface area contributed by atoms with Gasteiger partial charge in [0.25, 0.3) is 0 Å². The number of rotatable bonds is 4. The highest BCUT2D eigenvalue weighted by Gasteiger charge is 2.21. The van der Waals surface area contributed by atoms with Crippen molar-refractivity contribution in [3.8, 4) is 11.8 Å². The predicted octanol–water partition coefficient (Wildman–Crippen LogP) is 0.983. The summed E-state index contributed by atoms with van der Waals surface area (Å²) in [6.45, 7) is 1.76. The summed E-state index contributed by atoms with van der Waals surface area (Å²) >= 11 is 0. The van der Waals surface area contributed by atoms with Crippen molar-refractivity contribution in [3.63, 3.8) is 0 Å². The van der Waals surface area contributed by atoms with Crippen molar-refractivity contribution >= 4 is 0 Å². The minimum absolute atomic E-state index is 0.560. The maximum atomic E-state index is 8.93. The summed E-state index contributed by atoms with van der Waals surface area (Å²) < 4.78 is 5.05. The number of hydrazine groups is 1. The van der Waals surface area contributed by atoms with Gasteiger partial charge in [-0.1, -0.05) is 12.1 Å². The van der Waals surface area contributed by atoms with Crippen molar-refractivity contribution in [3.05, 3.63) is 29.8 Å². The molecule has 4 nitrogen and oxygen atoms in total. The zero-order valence-electron chi connectivity index (χ0n) is 8.95. The van der Waals surface area contributed by atoms with Gasteiger partial charge in [0.05, 0.1) is 13.2 Å². The number of nitrogens with two attached hydrogens (primary N) is 1. The number of benzene rings is 1. The second kappa shape index (κ2) is 4.78. The molecule has 0 aliphatic rings. The molecule has 0 aliphatic carbocycles. The van der Waals surface area contributed by atoms with Gasteiger partial charge >= 0.3 is 0 Å². The zero-order valence-corrected chi connectivity index (χ0v) is 8.95. The molecule has 0 heterocycles. The second-order valence-electron chi connectivity index (χ2n) is 3.61. The van der Waals surface area contributed by atoms with Gasteiger partial charge in [0.15, 0.2) is 0 Å². The summed E-state index contributed by atoms with van der Waals surface area (Å²) in [7, 11) is 1.62. The van der Waals surface area contributed by atoms with E-state index in [0.29, 0.717) is 6.42 Å². The Morgan fingerprint density at radius 1 is 1.47 bits per heavy atom. The Bertz CT molecular complexity index is 355. The van der Waals surface area contributed by atoms with Crippen molar-refractivity contribution in [1.29, 1.82) is 5.26 Å². The molecule has 1 atom stereocenters. The van der Waals surface area contributed by atoms with Crippen LogP contribution >= 0.6 is 0 Å². The van der Waals surface area contributed by atoms with E-state index in [1.54, 1.807) is 14.0 Å². The SMILES string of the molecule is COc1ccc(CC(C)(C#N)NN)cc1. The number of ether oxygens (including phenoxy) is 1. The molecule has 1 unspecified atom stereocenters. The monoisotopic (exact) mass is 205 g/mol. The van der Waals surface area contributed by atoms with E-state index in [1.165, 1.54) is 0 Å². The van der Waals surface area contributed by atoms with E-state index < -0.39 is 5.54 Å². The van der Waals surface area contributed by atoms with E-state index in [0.717, 1.165) is 11.3 Å². The van der Waals surface area contributed by atoms with Crippen molar-refractivity contribution < 1.29 is 4.74 Å². The van der Waals surface area contributed by atoms with Gasteiger partial charge in [-0.15, -0.1) is 0 Å². The van der Waals surface area contributed by atoms with E-state index in [-0.39, 0.29) is 0 Å². The van der Waals surface area contributed by atoms with Crippen LogP contribution in [0.3, 0.4) is 0 Å². The average Bonchev–Trinajstić information content (AvgIpc) is 2.30. The van der Waals surface area contributed by atoms with Crippen molar-refractivity contribution in [2.24, 2.45) is 5.84 Å². The molecule has 1 aromatic rings. The highest BCUT2D eigenvalue weighted by Crippen LogP contribution is 2.15. The predicted molar refractivity (Wildman–Crippen MR) is 58.0 cm³/mol. The first kappa shape index (κ1) is 11.5. The molecule has 0 aromatic heterocycles. The van der Waals surface area contributed by atoms with E-state index >= 15 is 0 Å². The highest BCUT2D eigenvalue weighted by molar-refractivity contribution is 5.29. The first-order valence-electron chi connectivity index (χ1n) is 4.65. The van der Waals surface area contributed by atoms with Crippen LogP contribution < -0.4 is 16.0 Å². The first-order valence-corrected chi connectivity index (χ1v) is 4.65. The molecular formula is C11H15N3O. The molecule has 0 spiro atoms. The number of nitrogens with one attached hydrogen (secondary N) is 1. The summed E-state index contributed by atoms with van der Waals surface area (Å²) in [5.74, 6) is 6.13. The molecule has 80 valence electrons. The standard InChI is InChI=1S/C11H15N3O/c1-11(8-12,14-13)7-9-3-5-10(15-2)6-4-9/h3-6,14H,7,13H2,1-2H3. The third-order valence-corrected chi connectivity index (χ3v) is 2.28. The topological polar surface area (TPSA) is 71.1 Å². The summed E-state index contributed by atoms with van der Waals surface area (Å²) in [5.41, 5.74) is 2.82. The number of methoxy groups -OCH3 is 1. The van der Waals surface area contributed by atoms with Crippen LogP contribution in [0.25, 0.3) is 0 Å². The fourth-order valence-electron chi connectivity index (χ4n) is 1.27. The van der Waals surface area contributed by atoms with E-state index in [9.17, 15) is 0 Å². The maximum Gasteiger partial charge on any atom is 0.119 e. The van der Waals surface area contributed by atoms with Gasteiger partial charge in [0.2, 0.25) is 0 Å². The zero-order chi connectivity index (χ0) is 11.3. The highest BCUT2D eigenvalue weighted by atomic mass is 16.5. The summed E-state index contributed by atoms with van der Waals surface area (Å²) in [6.07, 6.45) is 0.560. The van der Waals surface area contributed by atoms with Crippen molar-refractivity contribution in [1.82, 2.24) is 5.43 Å². The van der Waals surface area contributed by atoms with Gasteiger partial charge in [0.1, 0.15) is 11.3 Å². The van der Waals surface area contributed by atoms with Crippen molar-refractivity contribution in [2.75, 3.05) is 7.11 Å². The van der Waals surface area contributed by atoms with Gasteiger partial charge in [-0.25, -0.2) is 5.43 Å². The van der Waals surface area contributed by atoms with Crippen LogP contribution in [-0.4, -0.2) is 12.6 Å². The third-order valence-electron chi connectivity index (χ3n) is 2.28. The molecule has 3 N–H and O–H groups in total. The van der Waals surface area contributed by atoms with Gasteiger partial charge in [0, 0.05) is 6.42 Å². The number of hydrogen-bond donors (Lipinski definition) is 2. The van der Waals surface area contributed by atoms with E-state index in [1.807, 2.05) is 24.3 Å². The quantitative estimate of drug-likeness (QED) is 0.568. The lowest BCUT2D eigenvalue weighted by Gasteiger charge is -2.20. The van der Waals surface area contributed by atoms with Crippen molar-refractivity contribution in [2.45, 2.75) is 18.9 Å². The van der Waals surface area contributed by atoms with Crippen LogP contribution in [0.1, 0.15) is 12.5 Å². The molecule has 0 fully saturated rings. The van der Waals surface area contributed by atoms with Gasteiger partial charge in [-0.3, -0.25) is 5.84 Å². The van der Waals surface area contributed by atoms with Gasteiger partial charge in [-0.05, 0) is 24.6 Å². The molecule has 0 aliphatic heterocycles. The maximum absolute atomic E-state index is 8.93. The number of nitriles is 1. The summed E-state index contributed by atoms with van der Waals surface area (Å²) in [5, 5.41) is 8.93. The smallest absolute Gasteiger partial charge is 0.119 e. The Balaban J connectivity index is 2.77. The van der Waals surface area contributed by atoms with Crippen LogP contribution in [0, 0.1) is 11.3 Å². The van der Waals surface area contributed by atoms with Gasteiger partial charge < -0.3 is 4.74 Å². The number of nitrogens with zero attached hydrogens (tertiary/aromatic N) is 1. The first-order chi connectivity index (χ1) is 7.13. The van der Waals surface area contributed by atoms with Crippen LogP contribution in [0.5, 0.6) is 5.75 Å². The molecule has 0 bridgehead atoms. The number of hydrogen-bond acceptors (Lipinski definition) is 4. The van der Waals surface area contributed by atoms with Crippen LogP contribution in [0.4, 0.5) is 0 Å². The Labute approximate surface area is 89.6 Å². The van der Waals surface area contributed by atoms with Crippen LogP contribution in [-0.2, 0) is 6.42 Å². The molecule has 0 radical (unpaired) electrons. The van der Waals surface area contributed by atoms with Crippen LogP contribution in [0.2, 0.25) is 0 Å². The largest absolute Gasteiger partial charge is 0.497 e. The minimum Gasteiger partial charge on any atom is -0.497 e. The lowest BCUT2D eigenvalue weighted by atomic mass is 9.95. The summed E-state index contributed by atoms with van der Waals surface area (Å²) in [6, 6.07) is 9.71.